The normalized spacial score (nSPS) is 19.1. The zero-order valence-electron chi connectivity index (χ0n) is 14.6. The van der Waals surface area contributed by atoms with Crippen LogP contribution in [0.2, 0.25) is 0 Å². The van der Waals surface area contributed by atoms with E-state index in [1.54, 1.807) is 6.26 Å². The van der Waals surface area contributed by atoms with Crippen molar-refractivity contribution in [2.24, 2.45) is 0 Å². The van der Waals surface area contributed by atoms with Gasteiger partial charge < -0.3 is 24.5 Å². The van der Waals surface area contributed by atoms with Crippen molar-refractivity contribution in [3.63, 3.8) is 0 Å². The molecule has 0 bridgehead atoms. The molecule has 0 spiro atoms. The Balaban J connectivity index is 1.38. The molecule has 0 unspecified atom stereocenters. The topological polar surface area (TPSA) is 83.7 Å². The van der Waals surface area contributed by atoms with Crippen LogP contribution in [0.15, 0.2) is 34.9 Å². The van der Waals surface area contributed by atoms with Crippen LogP contribution in [0.25, 0.3) is 0 Å². The molecule has 25 heavy (non-hydrogen) atoms. The average Bonchev–Trinajstić information content (AvgIpc) is 3.14. The average molecular weight is 346 g/mol. The molecule has 1 fully saturated rings. The summed E-state index contributed by atoms with van der Waals surface area (Å²) in [4.78, 5) is 2.24. The first-order valence-electron chi connectivity index (χ1n) is 8.77. The van der Waals surface area contributed by atoms with Crippen LogP contribution in [0.5, 0.6) is 0 Å². The van der Waals surface area contributed by atoms with Crippen molar-refractivity contribution in [3.05, 3.63) is 42.0 Å². The Kier molecular flexibility index (Phi) is 6.38. The number of aromatic nitrogens is 2. The SMILES string of the molecule is Cc1ccc(N2CCC[C@@H](NC[C@H](O)COCc3ccco3)C2)nn1. The van der Waals surface area contributed by atoms with E-state index < -0.39 is 6.10 Å². The molecule has 0 aromatic carbocycles. The molecular formula is C18H26N4O3. The third-order valence-electron chi connectivity index (χ3n) is 4.31. The van der Waals surface area contributed by atoms with Gasteiger partial charge in [0.15, 0.2) is 5.82 Å². The predicted octanol–water partition coefficient (Wildman–Crippen LogP) is 1.51. The number of hydrogen-bond donors (Lipinski definition) is 2. The molecule has 2 aromatic heterocycles. The highest BCUT2D eigenvalue weighted by molar-refractivity contribution is 5.38. The van der Waals surface area contributed by atoms with Crippen molar-refractivity contribution >= 4 is 5.82 Å². The summed E-state index contributed by atoms with van der Waals surface area (Å²) in [5.41, 5.74) is 0.924. The fourth-order valence-corrected chi connectivity index (χ4v) is 2.96. The first-order valence-corrected chi connectivity index (χ1v) is 8.77. The number of aliphatic hydroxyl groups is 1. The van der Waals surface area contributed by atoms with Crippen LogP contribution in [0.3, 0.4) is 0 Å². The lowest BCUT2D eigenvalue weighted by Crippen LogP contribution is -2.48. The summed E-state index contributed by atoms with van der Waals surface area (Å²) >= 11 is 0. The minimum atomic E-state index is -0.537. The first kappa shape index (κ1) is 17.8. The van der Waals surface area contributed by atoms with Gasteiger partial charge in [-0.25, -0.2) is 0 Å². The number of piperidine rings is 1. The molecule has 7 nitrogen and oxygen atoms in total. The Hall–Kier alpha value is -1.96. The predicted molar refractivity (Wildman–Crippen MR) is 94.4 cm³/mol. The van der Waals surface area contributed by atoms with E-state index in [0.29, 0.717) is 19.2 Å². The molecular weight excluding hydrogens is 320 g/mol. The Morgan fingerprint density at radius 3 is 3.08 bits per heavy atom. The van der Waals surface area contributed by atoms with E-state index in [4.69, 9.17) is 9.15 Å². The van der Waals surface area contributed by atoms with Gasteiger partial charge in [0.2, 0.25) is 0 Å². The molecule has 7 heteroatoms. The summed E-state index contributed by atoms with van der Waals surface area (Å²) in [6, 6.07) is 8.01. The van der Waals surface area contributed by atoms with Gasteiger partial charge in [-0.15, -0.1) is 5.10 Å². The highest BCUT2D eigenvalue weighted by Gasteiger charge is 2.21. The standard InChI is InChI=1S/C18H26N4O3/c1-14-6-7-18(21-20-14)22-8-2-4-15(11-22)19-10-16(23)12-24-13-17-5-3-9-25-17/h3,5-7,9,15-16,19,23H,2,4,8,10-13H2,1H3/t15-,16+/m1/s1. The summed E-state index contributed by atoms with van der Waals surface area (Å²) in [7, 11) is 0. The fourth-order valence-electron chi connectivity index (χ4n) is 2.96. The van der Waals surface area contributed by atoms with Gasteiger partial charge in [0.25, 0.3) is 0 Å². The van der Waals surface area contributed by atoms with Crippen molar-refractivity contribution in [3.8, 4) is 0 Å². The van der Waals surface area contributed by atoms with E-state index in [-0.39, 0.29) is 6.61 Å². The van der Waals surface area contributed by atoms with Crippen LogP contribution in [-0.2, 0) is 11.3 Å². The first-order chi connectivity index (χ1) is 12.2. The summed E-state index contributed by atoms with van der Waals surface area (Å²) in [6.07, 6.45) is 3.27. The van der Waals surface area contributed by atoms with Gasteiger partial charge in [0.1, 0.15) is 12.4 Å². The number of hydrogen-bond acceptors (Lipinski definition) is 7. The maximum absolute atomic E-state index is 10.1. The molecule has 136 valence electrons. The van der Waals surface area contributed by atoms with E-state index in [1.807, 2.05) is 31.2 Å². The molecule has 2 aromatic rings. The van der Waals surface area contributed by atoms with Crippen molar-refractivity contribution in [1.82, 2.24) is 15.5 Å². The van der Waals surface area contributed by atoms with Crippen LogP contribution >= 0.6 is 0 Å². The highest BCUT2D eigenvalue weighted by atomic mass is 16.5. The van der Waals surface area contributed by atoms with Crippen LogP contribution in [0, 0.1) is 6.92 Å². The van der Waals surface area contributed by atoms with Crippen molar-refractivity contribution < 1.29 is 14.3 Å². The number of aliphatic hydroxyl groups excluding tert-OH is 1. The summed E-state index contributed by atoms with van der Waals surface area (Å²) in [5, 5.41) is 21.9. The maximum Gasteiger partial charge on any atom is 0.151 e. The second-order valence-corrected chi connectivity index (χ2v) is 6.47. The highest BCUT2D eigenvalue weighted by Crippen LogP contribution is 2.17. The Morgan fingerprint density at radius 1 is 1.40 bits per heavy atom. The lowest BCUT2D eigenvalue weighted by atomic mass is 10.1. The van der Waals surface area contributed by atoms with E-state index in [1.165, 1.54) is 0 Å². The van der Waals surface area contributed by atoms with Crippen LogP contribution in [0.4, 0.5) is 5.82 Å². The van der Waals surface area contributed by atoms with Gasteiger partial charge in [-0.2, -0.15) is 5.10 Å². The quantitative estimate of drug-likeness (QED) is 0.749. The van der Waals surface area contributed by atoms with Crippen molar-refractivity contribution in [1.29, 1.82) is 0 Å². The summed E-state index contributed by atoms with van der Waals surface area (Å²) in [6.45, 7) is 4.98. The van der Waals surface area contributed by atoms with Crippen LogP contribution < -0.4 is 10.2 Å². The smallest absolute Gasteiger partial charge is 0.151 e. The fraction of sp³-hybridized carbons (Fsp3) is 0.556. The molecule has 0 aliphatic carbocycles. The largest absolute Gasteiger partial charge is 0.467 e. The van der Waals surface area contributed by atoms with Crippen molar-refractivity contribution in [2.75, 3.05) is 31.1 Å². The molecule has 0 radical (unpaired) electrons. The summed E-state index contributed by atoms with van der Waals surface area (Å²) < 4.78 is 10.7. The number of anilines is 1. The minimum Gasteiger partial charge on any atom is -0.467 e. The van der Waals surface area contributed by atoms with E-state index in [0.717, 1.165) is 43.2 Å². The van der Waals surface area contributed by atoms with E-state index in [2.05, 4.69) is 20.4 Å². The Morgan fingerprint density at radius 2 is 2.32 bits per heavy atom. The van der Waals surface area contributed by atoms with Gasteiger partial charge in [-0.1, -0.05) is 0 Å². The molecule has 1 saturated heterocycles. The molecule has 0 saturated carbocycles. The number of rotatable bonds is 8. The van der Waals surface area contributed by atoms with E-state index >= 15 is 0 Å². The van der Waals surface area contributed by atoms with Crippen LogP contribution in [0.1, 0.15) is 24.3 Å². The second kappa shape index (κ2) is 8.94. The number of furan rings is 1. The number of aryl methyl sites for hydroxylation is 1. The third kappa shape index (κ3) is 5.52. The maximum atomic E-state index is 10.1. The molecule has 1 aliphatic heterocycles. The van der Waals surface area contributed by atoms with Crippen LogP contribution in [-0.4, -0.2) is 53.7 Å². The lowest BCUT2D eigenvalue weighted by molar-refractivity contribution is 0.0213. The van der Waals surface area contributed by atoms with Gasteiger partial charge in [0.05, 0.1) is 24.7 Å². The van der Waals surface area contributed by atoms with E-state index in [9.17, 15) is 5.11 Å². The second-order valence-electron chi connectivity index (χ2n) is 6.47. The molecule has 2 atom stereocenters. The van der Waals surface area contributed by atoms with Gasteiger partial charge >= 0.3 is 0 Å². The molecule has 3 heterocycles. The summed E-state index contributed by atoms with van der Waals surface area (Å²) in [5.74, 6) is 1.68. The minimum absolute atomic E-state index is 0.285. The monoisotopic (exact) mass is 346 g/mol. The number of ether oxygens (including phenoxy) is 1. The molecule has 2 N–H and O–H groups in total. The number of nitrogens with zero attached hydrogens (tertiary/aromatic N) is 3. The molecule has 3 rings (SSSR count). The Bertz CT molecular complexity index is 618. The van der Waals surface area contributed by atoms with Gasteiger partial charge in [0, 0.05) is 25.7 Å². The Labute approximate surface area is 148 Å². The number of nitrogens with one attached hydrogen (secondary N) is 1. The van der Waals surface area contributed by atoms with Crippen molar-refractivity contribution in [2.45, 2.75) is 38.5 Å². The zero-order chi connectivity index (χ0) is 17.5. The molecule has 0 amide bonds. The van der Waals surface area contributed by atoms with Gasteiger partial charge in [-0.3, -0.25) is 0 Å². The zero-order valence-corrected chi connectivity index (χ0v) is 14.6. The van der Waals surface area contributed by atoms with Gasteiger partial charge in [-0.05, 0) is 44.0 Å². The third-order valence-corrected chi connectivity index (χ3v) is 4.31. The molecule has 1 aliphatic rings. The lowest BCUT2D eigenvalue weighted by Gasteiger charge is -2.34.